The Labute approximate surface area is 167 Å². The van der Waals surface area contributed by atoms with Crippen molar-refractivity contribution in [2.24, 2.45) is 4.99 Å². The van der Waals surface area contributed by atoms with E-state index in [1.54, 1.807) is 14.2 Å². The lowest BCUT2D eigenvalue weighted by molar-refractivity contribution is 0.268. The van der Waals surface area contributed by atoms with Crippen LogP contribution < -0.4 is 20.1 Å². The summed E-state index contributed by atoms with van der Waals surface area (Å²) in [7, 11) is 3.27. The maximum atomic E-state index is 9.71. The lowest BCUT2D eigenvalue weighted by Gasteiger charge is -2.15. The van der Waals surface area contributed by atoms with Crippen molar-refractivity contribution in [3.05, 3.63) is 59.7 Å². The van der Waals surface area contributed by atoms with Gasteiger partial charge in [-0.15, -0.1) is 0 Å². The number of benzene rings is 2. The zero-order valence-corrected chi connectivity index (χ0v) is 16.9. The lowest BCUT2D eigenvalue weighted by Crippen LogP contribution is -2.38. The van der Waals surface area contributed by atoms with Crippen molar-refractivity contribution in [2.75, 3.05) is 40.5 Å². The van der Waals surface area contributed by atoms with Crippen molar-refractivity contribution in [3.63, 3.8) is 0 Å². The molecule has 0 saturated carbocycles. The minimum atomic E-state index is -0.0116. The molecule has 0 bridgehead atoms. The van der Waals surface area contributed by atoms with Crippen LogP contribution in [0.3, 0.4) is 0 Å². The molecule has 2 aromatic rings. The number of ether oxygens (including phenoxy) is 2. The van der Waals surface area contributed by atoms with Crippen molar-refractivity contribution in [3.8, 4) is 11.5 Å². The lowest BCUT2D eigenvalue weighted by atomic mass is 10.0. The zero-order chi connectivity index (χ0) is 20.2. The number of aliphatic hydroxyl groups excluding tert-OH is 1. The van der Waals surface area contributed by atoms with Gasteiger partial charge >= 0.3 is 0 Å². The summed E-state index contributed by atoms with van der Waals surface area (Å²) in [6.45, 7) is 4.13. The predicted molar refractivity (Wildman–Crippen MR) is 114 cm³/mol. The topological polar surface area (TPSA) is 75.1 Å². The van der Waals surface area contributed by atoms with E-state index in [-0.39, 0.29) is 12.5 Å². The highest BCUT2D eigenvalue weighted by atomic mass is 16.5. The van der Waals surface area contributed by atoms with E-state index < -0.39 is 0 Å². The number of nitrogens with one attached hydrogen (secondary N) is 2. The third-order valence-corrected chi connectivity index (χ3v) is 4.46. The normalized spacial score (nSPS) is 12.4. The summed E-state index contributed by atoms with van der Waals surface area (Å²) in [6.07, 6.45) is 0.826. The average molecular weight is 386 g/mol. The summed E-state index contributed by atoms with van der Waals surface area (Å²) in [4.78, 5) is 4.64. The van der Waals surface area contributed by atoms with Gasteiger partial charge in [0.25, 0.3) is 0 Å². The van der Waals surface area contributed by atoms with E-state index in [0.29, 0.717) is 6.54 Å². The Hall–Kier alpha value is -2.73. The van der Waals surface area contributed by atoms with Gasteiger partial charge in [-0.2, -0.15) is 0 Å². The fourth-order valence-electron chi connectivity index (χ4n) is 2.90. The molecule has 1 atom stereocenters. The summed E-state index contributed by atoms with van der Waals surface area (Å²) in [5.41, 5.74) is 2.24. The molecule has 6 heteroatoms. The minimum absolute atomic E-state index is 0.0116. The Morgan fingerprint density at radius 3 is 2.43 bits per heavy atom. The monoisotopic (exact) mass is 385 g/mol. The Kier molecular flexibility index (Phi) is 9.15. The Morgan fingerprint density at radius 2 is 1.79 bits per heavy atom. The van der Waals surface area contributed by atoms with Gasteiger partial charge in [-0.25, -0.2) is 0 Å². The van der Waals surface area contributed by atoms with E-state index in [9.17, 15) is 5.11 Å². The second-order valence-corrected chi connectivity index (χ2v) is 6.38. The molecule has 0 fully saturated rings. The number of nitrogens with zero attached hydrogens (tertiary/aromatic N) is 1. The largest absolute Gasteiger partial charge is 0.493 e. The van der Waals surface area contributed by atoms with Crippen LogP contribution >= 0.6 is 0 Å². The van der Waals surface area contributed by atoms with E-state index in [2.05, 4.69) is 15.6 Å². The van der Waals surface area contributed by atoms with Crippen LogP contribution in [0, 0.1) is 0 Å². The van der Waals surface area contributed by atoms with Gasteiger partial charge in [0.05, 0.1) is 27.4 Å². The second-order valence-electron chi connectivity index (χ2n) is 6.38. The molecule has 0 aliphatic rings. The highest BCUT2D eigenvalue weighted by Crippen LogP contribution is 2.27. The van der Waals surface area contributed by atoms with E-state index in [1.807, 2.05) is 55.5 Å². The number of aliphatic imine (C=N–C) groups is 1. The number of aliphatic hydroxyl groups is 1. The van der Waals surface area contributed by atoms with Gasteiger partial charge in [0, 0.05) is 19.0 Å². The number of methoxy groups -OCH3 is 2. The van der Waals surface area contributed by atoms with E-state index >= 15 is 0 Å². The number of hydrogen-bond donors (Lipinski definition) is 3. The predicted octanol–water partition coefficient (Wildman–Crippen LogP) is 2.58. The molecular formula is C22H31N3O3. The van der Waals surface area contributed by atoms with Gasteiger partial charge in [-0.1, -0.05) is 36.4 Å². The molecule has 0 aliphatic carbocycles. The second kappa shape index (κ2) is 11.9. The molecular weight excluding hydrogens is 354 g/mol. The molecule has 0 aliphatic heterocycles. The van der Waals surface area contributed by atoms with Crippen LogP contribution in [0.4, 0.5) is 0 Å². The van der Waals surface area contributed by atoms with Gasteiger partial charge in [-0.05, 0) is 36.6 Å². The van der Waals surface area contributed by atoms with Crippen molar-refractivity contribution >= 4 is 5.96 Å². The standard InChI is InChI=1S/C22H31N3O3/c1-4-23-22(25-15-19(16-26)18-8-6-5-7-9-18)24-13-12-17-10-11-20(27-2)21(14-17)28-3/h5-11,14,19,26H,4,12-13,15-16H2,1-3H3,(H2,23,24,25). The first-order valence-corrected chi connectivity index (χ1v) is 9.60. The summed E-state index contributed by atoms with van der Waals surface area (Å²) < 4.78 is 10.6. The van der Waals surface area contributed by atoms with Crippen LogP contribution in [-0.4, -0.2) is 51.5 Å². The summed E-state index contributed by atoms with van der Waals surface area (Å²) in [5, 5.41) is 16.3. The SMILES string of the molecule is CCNC(=NCC(CO)c1ccccc1)NCCc1ccc(OC)c(OC)c1. The molecule has 6 nitrogen and oxygen atoms in total. The molecule has 2 rings (SSSR count). The smallest absolute Gasteiger partial charge is 0.191 e. The van der Waals surface area contributed by atoms with Crippen LogP contribution in [0.15, 0.2) is 53.5 Å². The van der Waals surface area contributed by atoms with Crippen LogP contribution in [0.25, 0.3) is 0 Å². The fourth-order valence-corrected chi connectivity index (χ4v) is 2.90. The van der Waals surface area contributed by atoms with E-state index in [4.69, 9.17) is 9.47 Å². The summed E-state index contributed by atoms with van der Waals surface area (Å²) in [5.74, 6) is 2.19. The molecule has 0 heterocycles. The Balaban J connectivity index is 1.94. The highest BCUT2D eigenvalue weighted by Gasteiger charge is 2.10. The van der Waals surface area contributed by atoms with Gasteiger partial charge in [0.1, 0.15) is 0 Å². The minimum Gasteiger partial charge on any atom is -0.493 e. The van der Waals surface area contributed by atoms with Crippen LogP contribution in [-0.2, 0) is 6.42 Å². The van der Waals surface area contributed by atoms with Gasteiger partial charge in [0.15, 0.2) is 17.5 Å². The van der Waals surface area contributed by atoms with Gasteiger partial charge < -0.3 is 25.2 Å². The quantitative estimate of drug-likeness (QED) is 0.433. The molecule has 152 valence electrons. The van der Waals surface area contributed by atoms with E-state index in [1.165, 1.54) is 0 Å². The molecule has 2 aromatic carbocycles. The van der Waals surface area contributed by atoms with E-state index in [0.717, 1.165) is 48.1 Å². The van der Waals surface area contributed by atoms with Crippen molar-refractivity contribution < 1.29 is 14.6 Å². The van der Waals surface area contributed by atoms with Crippen molar-refractivity contribution in [2.45, 2.75) is 19.3 Å². The summed E-state index contributed by atoms with van der Waals surface area (Å²) >= 11 is 0. The number of guanidine groups is 1. The van der Waals surface area contributed by atoms with Gasteiger partial charge in [-0.3, -0.25) is 4.99 Å². The molecule has 0 saturated heterocycles. The third-order valence-electron chi connectivity index (χ3n) is 4.46. The maximum absolute atomic E-state index is 9.71. The first-order chi connectivity index (χ1) is 13.7. The Morgan fingerprint density at radius 1 is 1.04 bits per heavy atom. The first kappa shape index (κ1) is 21.6. The molecule has 0 amide bonds. The molecule has 28 heavy (non-hydrogen) atoms. The van der Waals surface area contributed by atoms with Crippen LogP contribution in [0.1, 0.15) is 24.0 Å². The molecule has 0 radical (unpaired) electrons. The fraction of sp³-hybridized carbons (Fsp3) is 0.409. The van der Waals surface area contributed by atoms with Crippen LogP contribution in [0.5, 0.6) is 11.5 Å². The molecule has 1 unspecified atom stereocenters. The molecule has 0 aromatic heterocycles. The molecule has 0 spiro atoms. The third kappa shape index (κ3) is 6.46. The highest BCUT2D eigenvalue weighted by molar-refractivity contribution is 5.79. The maximum Gasteiger partial charge on any atom is 0.191 e. The Bertz CT molecular complexity index is 735. The van der Waals surface area contributed by atoms with Crippen LogP contribution in [0.2, 0.25) is 0 Å². The first-order valence-electron chi connectivity index (χ1n) is 9.60. The van der Waals surface area contributed by atoms with Crippen molar-refractivity contribution in [1.82, 2.24) is 10.6 Å². The average Bonchev–Trinajstić information content (AvgIpc) is 2.74. The molecule has 3 N–H and O–H groups in total. The van der Waals surface area contributed by atoms with Crippen molar-refractivity contribution in [1.29, 1.82) is 0 Å². The van der Waals surface area contributed by atoms with Gasteiger partial charge in [0.2, 0.25) is 0 Å². The summed E-state index contributed by atoms with van der Waals surface area (Å²) in [6, 6.07) is 15.9. The zero-order valence-electron chi connectivity index (χ0n) is 16.9. The number of rotatable bonds is 10. The number of hydrogen-bond acceptors (Lipinski definition) is 4.